The number of likely N-dealkylation sites (tertiary alicyclic amines) is 1. The van der Waals surface area contributed by atoms with Crippen LogP contribution in [0, 0.1) is 5.92 Å². The number of benzene rings is 1. The van der Waals surface area contributed by atoms with Gasteiger partial charge in [0.25, 0.3) is 0 Å². The second-order valence-corrected chi connectivity index (χ2v) is 5.69. The predicted molar refractivity (Wildman–Crippen MR) is 75.9 cm³/mol. The van der Waals surface area contributed by atoms with E-state index in [-0.39, 0.29) is 5.92 Å². The fraction of sp³-hybridized carbons (Fsp3) is 0.562. The zero-order chi connectivity index (χ0) is 13.1. The Labute approximate surface area is 115 Å². The van der Waals surface area contributed by atoms with E-state index in [0.29, 0.717) is 11.9 Å². The van der Waals surface area contributed by atoms with Gasteiger partial charge >= 0.3 is 0 Å². The van der Waals surface area contributed by atoms with Gasteiger partial charge in [-0.15, -0.1) is 0 Å². The third kappa shape index (κ3) is 2.81. The number of nitrogens with zero attached hydrogens (tertiary/aromatic N) is 1. The molecule has 0 saturated carbocycles. The first kappa shape index (κ1) is 12.7. The highest BCUT2D eigenvalue weighted by molar-refractivity contribution is 5.81. The Morgan fingerprint density at radius 2 is 1.84 bits per heavy atom. The fourth-order valence-electron chi connectivity index (χ4n) is 3.33. The van der Waals surface area contributed by atoms with E-state index in [4.69, 9.17) is 0 Å². The highest BCUT2D eigenvalue weighted by atomic mass is 16.2. The molecule has 102 valence electrons. The minimum absolute atomic E-state index is 0.206. The van der Waals surface area contributed by atoms with Crippen molar-refractivity contribution in [2.24, 2.45) is 5.92 Å². The highest BCUT2D eigenvalue weighted by Crippen LogP contribution is 2.26. The van der Waals surface area contributed by atoms with Crippen LogP contribution in [-0.2, 0) is 11.2 Å². The summed E-state index contributed by atoms with van der Waals surface area (Å²) in [5.41, 5.74) is 1.29. The van der Waals surface area contributed by atoms with E-state index < -0.39 is 0 Å². The molecule has 1 unspecified atom stereocenters. The van der Waals surface area contributed by atoms with Gasteiger partial charge in [0, 0.05) is 18.5 Å². The van der Waals surface area contributed by atoms with Crippen molar-refractivity contribution in [1.29, 1.82) is 0 Å². The van der Waals surface area contributed by atoms with Crippen molar-refractivity contribution in [3.05, 3.63) is 35.9 Å². The molecular weight excluding hydrogens is 236 g/mol. The zero-order valence-electron chi connectivity index (χ0n) is 11.3. The summed E-state index contributed by atoms with van der Waals surface area (Å²) in [6, 6.07) is 10.9. The molecule has 3 rings (SSSR count). The summed E-state index contributed by atoms with van der Waals surface area (Å²) in [4.78, 5) is 14.7. The third-order valence-corrected chi connectivity index (χ3v) is 4.43. The summed E-state index contributed by atoms with van der Waals surface area (Å²) in [7, 11) is 0. The standard InChI is InChI=1S/C16H22N2O/c19-16-14(12-13-4-2-1-3-5-13)8-11-18(16)15-6-9-17-10-7-15/h1-5,14-15,17H,6-12H2. The van der Waals surface area contributed by atoms with Crippen molar-refractivity contribution >= 4 is 5.91 Å². The van der Waals surface area contributed by atoms with Crippen molar-refractivity contribution in [3.8, 4) is 0 Å². The Morgan fingerprint density at radius 3 is 2.58 bits per heavy atom. The van der Waals surface area contributed by atoms with Gasteiger partial charge in [-0.2, -0.15) is 0 Å². The van der Waals surface area contributed by atoms with Crippen molar-refractivity contribution in [3.63, 3.8) is 0 Å². The number of rotatable bonds is 3. The Kier molecular flexibility index (Phi) is 3.83. The van der Waals surface area contributed by atoms with E-state index in [9.17, 15) is 4.79 Å². The first-order valence-electron chi connectivity index (χ1n) is 7.40. The normalized spacial score (nSPS) is 24.9. The maximum atomic E-state index is 12.5. The van der Waals surface area contributed by atoms with Gasteiger partial charge in [0.15, 0.2) is 0 Å². The molecule has 0 bridgehead atoms. The minimum Gasteiger partial charge on any atom is -0.339 e. The van der Waals surface area contributed by atoms with E-state index >= 15 is 0 Å². The van der Waals surface area contributed by atoms with Crippen LogP contribution in [0.25, 0.3) is 0 Å². The van der Waals surface area contributed by atoms with Gasteiger partial charge in [-0.1, -0.05) is 30.3 Å². The SMILES string of the molecule is O=C1C(Cc2ccccc2)CCN1C1CCNCC1. The number of piperidine rings is 1. The van der Waals surface area contributed by atoms with Gasteiger partial charge in [-0.25, -0.2) is 0 Å². The van der Waals surface area contributed by atoms with Crippen LogP contribution >= 0.6 is 0 Å². The van der Waals surface area contributed by atoms with E-state index in [2.05, 4.69) is 34.5 Å². The molecule has 2 aliphatic heterocycles. The first-order valence-corrected chi connectivity index (χ1v) is 7.40. The van der Waals surface area contributed by atoms with Gasteiger partial charge in [0.1, 0.15) is 0 Å². The van der Waals surface area contributed by atoms with Crippen LogP contribution in [0.15, 0.2) is 30.3 Å². The molecule has 1 atom stereocenters. The summed E-state index contributed by atoms with van der Waals surface area (Å²) >= 11 is 0. The monoisotopic (exact) mass is 258 g/mol. The van der Waals surface area contributed by atoms with Crippen LogP contribution in [0.4, 0.5) is 0 Å². The molecule has 2 saturated heterocycles. The molecule has 1 N–H and O–H groups in total. The smallest absolute Gasteiger partial charge is 0.226 e. The summed E-state index contributed by atoms with van der Waals surface area (Å²) < 4.78 is 0. The summed E-state index contributed by atoms with van der Waals surface area (Å²) in [6.45, 7) is 3.07. The topological polar surface area (TPSA) is 32.3 Å². The van der Waals surface area contributed by atoms with Crippen molar-refractivity contribution < 1.29 is 4.79 Å². The Balaban J connectivity index is 1.62. The maximum absolute atomic E-state index is 12.5. The molecule has 0 spiro atoms. The fourth-order valence-corrected chi connectivity index (χ4v) is 3.33. The van der Waals surface area contributed by atoms with Crippen LogP contribution in [0.2, 0.25) is 0 Å². The largest absolute Gasteiger partial charge is 0.339 e. The van der Waals surface area contributed by atoms with Crippen molar-refractivity contribution in [2.45, 2.75) is 31.7 Å². The number of hydrogen-bond acceptors (Lipinski definition) is 2. The molecule has 0 aliphatic carbocycles. The molecule has 2 aliphatic rings. The molecule has 1 aromatic rings. The lowest BCUT2D eigenvalue weighted by Crippen LogP contribution is -2.44. The van der Waals surface area contributed by atoms with Crippen LogP contribution in [-0.4, -0.2) is 36.5 Å². The Hall–Kier alpha value is -1.35. The molecule has 0 radical (unpaired) electrons. The minimum atomic E-state index is 0.206. The van der Waals surface area contributed by atoms with Gasteiger partial charge in [0.05, 0.1) is 0 Å². The summed E-state index contributed by atoms with van der Waals surface area (Å²) in [6.07, 6.45) is 4.16. The molecule has 1 aromatic carbocycles. The Morgan fingerprint density at radius 1 is 1.11 bits per heavy atom. The van der Waals surface area contributed by atoms with Gasteiger partial charge < -0.3 is 10.2 Å². The average molecular weight is 258 g/mol. The van der Waals surface area contributed by atoms with Crippen LogP contribution in [0.3, 0.4) is 0 Å². The molecule has 19 heavy (non-hydrogen) atoms. The van der Waals surface area contributed by atoms with Crippen LogP contribution < -0.4 is 5.32 Å². The van der Waals surface area contributed by atoms with E-state index in [1.807, 2.05) is 6.07 Å². The van der Waals surface area contributed by atoms with Crippen LogP contribution in [0.5, 0.6) is 0 Å². The molecule has 2 heterocycles. The van der Waals surface area contributed by atoms with E-state index in [0.717, 1.165) is 45.3 Å². The lowest BCUT2D eigenvalue weighted by Gasteiger charge is -2.31. The lowest BCUT2D eigenvalue weighted by atomic mass is 9.98. The molecular formula is C16H22N2O. The second kappa shape index (κ2) is 5.74. The van der Waals surface area contributed by atoms with Gasteiger partial charge in [-0.05, 0) is 44.3 Å². The third-order valence-electron chi connectivity index (χ3n) is 4.43. The number of hydrogen-bond donors (Lipinski definition) is 1. The number of nitrogens with one attached hydrogen (secondary N) is 1. The van der Waals surface area contributed by atoms with Crippen molar-refractivity contribution in [2.75, 3.05) is 19.6 Å². The number of amides is 1. The molecule has 0 aromatic heterocycles. The maximum Gasteiger partial charge on any atom is 0.226 e. The Bertz CT molecular complexity index is 426. The first-order chi connectivity index (χ1) is 9.34. The average Bonchev–Trinajstić information content (AvgIpc) is 2.82. The molecule has 3 nitrogen and oxygen atoms in total. The zero-order valence-corrected chi connectivity index (χ0v) is 11.3. The number of carbonyl (C=O) groups excluding carboxylic acids is 1. The van der Waals surface area contributed by atoms with Crippen molar-refractivity contribution in [1.82, 2.24) is 10.2 Å². The number of carbonyl (C=O) groups is 1. The summed E-state index contributed by atoms with van der Waals surface area (Å²) in [5.74, 6) is 0.591. The van der Waals surface area contributed by atoms with E-state index in [1.165, 1.54) is 5.56 Å². The molecule has 3 heteroatoms. The highest BCUT2D eigenvalue weighted by Gasteiger charge is 2.35. The molecule has 2 fully saturated rings. The second-order valence-electron chi connectivity index (χ2n) is 5.69. The van der Waals surface area contributed by atoms with Gasteiger partial charge in [0.2, 0.25) is 5.91 Å². The predicted octanol–water partition coefficient (Wildman–Crippen LogP) is 1.83. The van der Waals surface area contributed by atoms with E-state index in [1.54, 1.807) is 0 Å². The quantitative estimate of drug-likeness (QED) is 0.897. The molecule has 1 amide bonds. The summed E-state index contributed by atoms with van der Waals surface area (Å²) in [5, 5.41) is 3.37. The van der Waals surface area contributed by atoms with Crippen LogP contribution in [0.1, 0.15) is 24.8 Å². The van der Waals surface area contributed by atoms with Gasteiger partial charge in [-0.3, -0.25) is 4.79 Å². The lowest BCUT2D eigenvalue weighted by molar-refractivity contribution is -0.133.